The van der Waals surface area contributed by atoms with E-state index in [0.717, 1.165) is 0 Å². The van der Waals surface area contributed by atoms with Gasteiger partial charge in [0.25, 0.3) is 6.01 Å². The normalized spacial score (nSPS) is 11.0. The number of nitrogens with two attached hydrogens (primary N) is 1. The summed E-state index contributed by atoms with van der Waals surface area (Å²) in [7, 11) is 0. The molecule has 0 saturated carbocycles. The molecule has 0 amide bonds. The first-order valence-electron chi connectivity index (χ1n) is 3.29. The van der Waals surface area contributed by atoms with Crippen molar-refractivity contribution in [3.8, 4) is 0 Å². The van der Waals surface area contributed by atoms with Gasteiger partial charge in [0.1, 0.15) is 5.52 Å². The largest absolute Gasteiger partial charge is 0.422 e. The first kappa shape index (κ1) is 8.94. The van der Waals surface area contributed by atoms with Crippen molar-refractivity contribution in [2.24, 2.45) is 0 Å². The smallest absolute Gasteiger partial charge is 0.293 e. The topological polar surface area (TPSA) is 52.0 Å². The number of anilines is 1. The summed E-state index contributed by atoms with van der Waals surface area (Å²) in [4.78, 5) is 3.84. The van der Waals surface area contributed by atoms with Crippen molar-refractivity contribution in [3.63, 3.8) is 0 Å². The second kappa shape index (κ2) is 2.94. The van der Waals surface area contributed by atoms with E-state index >= 15 is 0 Å². The molecule has 0 aliphatic rings. The Morgan fingerprint density at radius 3 is 2.62 bits per heavy atom. The lowest BCUT2D eigenvalue weighted by molar-refractivity contribution is 0.626. The highest BCUT2D eigenvalue weighted by atomic mass is 35.5. The Bertz CT molecular complexity index is 480. The fourth-order valence-corrected chi connectivity index (χ4v) is 1.67. The Labute approximate surface area is 88.4 Å². The minimum absolute atomic E-state index is 0.0149. The highest BCUT2D eigenvalue weighted by molar-refractivity contribution is 6.47. The zero-order valence-corrected chi connectivity index (χ0v) is 8.41. The number of halogens is 3. The molecular formula is C7H3Cl3N2O. The summed E-state index contributed by atoms with van der Waals surface area (Å²) in [6.45, 7) is 0. The molecule has 0 bridgehead atoms. The van der Waals surface area contributed by atoms with Gasteiger partial charge in [-0.1, -0.05) is 34.8 Å². The molecule has 0 radical (unpaired) electrons. The first-order valence-corrected chi connectivity index (χ1v) is 4.42. The number of oxazole rings is 1. The lowest BCUT2D eigenvalue weighted by atomic mass is 10.3. The van der Waals surface area contributed by atoms with Crippen LogP contribution in [0.4, 0.5) is 6.01 Å². The van der Waals surface area contributed by atoms with Crippen molar-refractivity contribution < 1.29 is 4.42 Å². The summed E-state index contributed by atoms with van der Waals surface area (Å²) in [5, 5.41) is 0.961. The van der Waals surface area contributed by atoms with E-state index in [9.17, 15) is 0 Å². The lowest BCUT2D eigenvalue weighted by Crippen LogP contribution is -1.81. The van der Waals surface area contributed by atoms with Crippen LogP contribution in [-0.2, 0) is 0 Å². The van der Waals surface area contributed by atoms with Crippen LogP contribution >= 0.6 is 34.8 Å². The van der Waals surface area contributed by atoms with E-state index in [1.165, 1.54) is 6.07 Å². The third-order valence-corrected chi connectivity index (χ3v) is 2.59. The second-order valence-electron chi connectivity index (χ2n) is 2.38. The van der Waals surface area contributed by atoms with Gasteiger partial charge in [0.15, 0.2) is 5.58 Å². The highest BCUT2D eigenvalue weighted by Crippen LogP contribution is 2.36. The van der Waals surface area contributed by atoms with Crippen molar-refractivity contribution in [1.82, 2.24) is 4.98 Å². The minimum Gasteiger partial charge on any atom is -0.422 e. The van der Waals surface area contributed by atoms with Gasteiger partial charge in [0.2, 0.25) is 0 Å². The standard InChI is InChI=1S/C7H3Cl3N2O/c8-2-1-3(9)6-5(4(2)10)12-7(11)13-6/h1H,(H2,11,12). The number of hydrogen-bond acceptors (Lipinski definition) is 3. The van der Waals surface area contributed by atoms with Crippen LogP contribution in [0.5, 0.6) is 0 Å². The number of rotatable bonds is 0. The molecule has 2 aromatic rings. The van der Waals surface area contributed by atoms with E-state index in [0.29, 0.717) is 26.2 Å². The van der Waals surface area contributed by atoms with Crippen molar-refractivity contribution in [2.45, 2.75) is 0 Å². The van der Waals surface area contributed by atoms with Gasteiger partial charge < -0.3 is 10.2 Å². The average molecular weight is 237 g/mol. The summed E-state index contributed by atoms with van der Waals surface area (Å²) in [6.07, 6.45) is 0. The minimum atomic E-state index is 0.0149. The van der Waals surface area contributed by atoms with Crippen LogP contribution in [0.2, 0.25) is 15.1 Å². The summed E-state index contributed by atoms with van der Waals surface area (Å²) in [6, 6.07) is 1.50. The van der Waals surface area contributed by atoms with Gasteiger partial charge in [0, 0.05) is 0 Å². The van der Waals surface area contributed by atoms with Crippen LogP contribution in [0.25, 0.3) is 11.1 Å². The number of nitrogen functional groups attached to an aromatic ring is 1. The van der Waals surface area contributed by atoms with E-state index in [2.05, 4.69) is 4.98 Å². The zero-order valence-electron chi connectivity index (χ0n) is 6.14. The molecule has 2 N–H and O–H groups in total. The van der Waals surface area contributed by atoms with Crippen LogP contribution in [0, 0.1) is 0 Å². The summed E-state index contributed by atoms with van der Waals surface area (Å²) in [5.74, 6) is 0. The molecule has 0 fully saturated rings. The van der Waals surface area contributed by atoms with E-state index in [1.54, 1.807) is 0 Å². The quantitative estimate of drug-likeness (QED) is 0.715. The van der Waals surface area contributed by atoms with E-state index < -0.39 is 0 Å². The van der Waals surface area contributed by atoms with Gasteiger partial charge in [-0.15, -0.1) is 0 Å². The predicted molar refractivity (Wildman–Crippen MR) is 53.5 cm³/mol. The number of fused-ring (bicyclic) bond motifs is 1. The zero-order chi connectivity index (χ0) is 9.59. The summed E-state index contributed by atoms with van der Waals surface area (Å²) >= 11 is 17.4. The van der Waals surface area contributed by atoms with Gasteiger partial charge >= 0.3 is 0 Å². The van der Waals surface area contributed by atoms with E-state index in [-0.39, 0.29) is 6.01 Å². The number of aromatic nitrogens is 1. The van der Waals surface area contributed by atoms with Gasteiger partial charge in [-0.05, 0) is 6.07 Å². The molecule has 0 aliphatic carbocycles. The summed E-state index contributed by atoms with van der Waals surface area (Å²) in [5.41, 5.74) is 6.08. The Kier molecular flexibility index (Phi) is 2.02. The molecule has 0 spiro atoms. The van der Waals surface area contributed by atoms with Crippen LogP contribution in [0.1, 0.15) is 0 Å². The Morgan fingerprint density at radius 1 is 1.23 bits per heavy atom. The second-order valence-corrected chi connectivity index (χ2v) is 3.58. The maximum absolute atomic E-state index is 5.84. The van der Waals surface area contributed by atoms with Crippen LogP contribution in [0.3, 0.4) is 0 Å². The van der Waals surface area contributed by atoms with Crippen LogP contribution < -0.4 is 5.73 Å². The maximum Gasteiger partial charge on any atom is 0.293 e. The maximum atomic E-state index is 5.84. The average Bonchev–Trinajstić information content (AvgIpc) is 2.44. The molecule has 0 saturated heterocycles. The van der Waals surface area contributed by atoms with Crippen molar-refractivity contribution in [1.29, 1.82) is 0 Å². The molecule has 13 heavy (non-hydrogen) atoms. The van der Waals surface area contributed by atoms with E-state index in [4.69, 9.17) is 45.0 Å². The van der Waals surface area contributed by atoms with Crippen molar-refractivity contribution in [2.75, 3.05) is 5.73 Å². The Hall–Kier alpha value is -0.640. The SMILES string of the molecule is Nc1nc2c(Cl)c(Cl)cc(Cl)c2o1. The fourth-order valence-electron chi connectivity index (χ4n) is 1.00. The third-order valence-electron chi connectivity index (χ3n) is 1.53. The van der Waals surface area contributed by atoms with Gasteiger partial charge in [0.05, 0.1) is 15.1 Å². The highest BCUT2D eigenvalue weighted by Gasteiger charge is 2.13. The van der Waals surface area contributed by atoms with Gasteiger partial charge in [-0.3, -0.25) is 0 Å². The first-order chi connectivity index (χ1) is 6.09. The number of hydrogen-bond donors (Lipinski definition) is 1. The molecule has 0 aliphatic heterocycles. The Balaban J connectivity index is 2.95. The van der Waals surface area contributed by atoms with Gasteiger partial charge in [-0.25, -0.2) is 0 Å². The van der Waals surface area contributed by atoms with Gasteiger partial charge in [-0.2, -0.15) is 4.98 Å². The van der Waals surface area contributed by atoms with Crippen LogP contribution in [-0.4, -0.2) is 4.98 Å². The molecule has 2 rings (SSSR count). The molecule has 1 heterocycles. The molecule has 1 aromatic heterocycles. The molecule has 6 heteroatoms. The van der Waals surface area contributed by atoms with Crippen molar-refractivity contribution in [3.05, 3.63) is 21.1 Å². The third kappa shape index (κ3) is 1.33. The van der Waals surface area contributed by atoms with Crippen molar-refractivity contribution >= 4 is 51.9 Å². The molecular weight excluding hydrogens is 234 g/mol. The molecule has 3 nitrogen and oxygen atoms in total. The molecule has 1 aromatic carbocycles. The Morgan fingerprint density at radius 2 is 1.92 bits per heavy atom. The predicted octanol–water partition coefficient (Wildman–Crippen LogP) is 3.37. The van der Waals surface area contributed by atoms with Crippen LogP contribution in [0.15, 0.2) is 10.5 Å². The molecule has 68 valence electrons. The molecule has 0 unspecified atom stereocenters. The monoisotopic (exact) mass is 236 g/mol. The summed E-state index contributed by atoms with van der Waals surface area (Å²) < 4.78 is 5.03. The lowest BCUT2D eigenvalue weighted by Gasteiger charge is -1.96. The molecule has 0 atom stereocenters. The number of benzene rings is 1. The van der Waals surface area contributed by atoms with E-state index in [1.807, 2.05) is 0 Å². The number of nitrogens with zero attached hydrogens (tertiary/aromatic N) is 1. The fraction of sp³-hybridized carbons (Fsp3) is 0.